The Labute approximate surface area is 126 Å². The van der Waals surface area contributed by atoms with E-state index >= 15 is 0 Å². The van der Waals surface area contributed by atoms with Gasteiger partial charge in [0, 0.05) is 33.4 Å². The Hall–Kier alpha value is -1.13. The van der Waals surface area contributed by atoms with E-state index in [0.717, 1.165) is 28.2 Å². The van der Waals surface area contributed by atoms with Crippen LogP contribution in [0, 0.1) is 0 Å². The topological polar surface area (TPSA) is 21.3 Å². The first-order valence-electron chi connectivity index (χ1n) is 6.04. The van der Waals surface area contributed by atoms with Gasteiger partial charge in [0.15, 0.2) is 0 Å². The fraction of sp³-hybridized carbons (Fsp3) is 0.200. The third kappa shape index (κ3) is 4.80. The van der Waals surface area contributed by atoms with E-state index < -0.39 is 0 Å². The van der Waals surface area contributed by atoms with Gasteiger partial charge in [-0.15, -0.1) is 11.8 Å². The molecule has 0 amide bonds. The highest BCUT2D eigenvalue weighted by Gasteiger charge is 1.99. The second kappa shape index (κ2) is 7.46. The van der Waals surface area contributed by atoms with Gasteiger partial charge in [0.2, 0.25) is 0 Å². The Kier molecular flexibility index (Phi) is 5.61. The van der Waals surface area contributed by atoms with E-state index in [0.29, 0.717) is 0 Å². The van der Waals surface area contributed by atoms with Crippen LogP contribution in [-0.4, -0.2) is 19.4 Å². The predicted molar refractivity (Wildman–Crippen MR) is 86.3 cm³/mol. The van der Waals surface area contributed by atoms with Gasteiger partial charge in [0.25, 0.3) is 0 Å². The first-order chi connectivity index (χ1) is 9.28. The number of halogens is 1. The van der Waals surface area contributed by atoms with E-state index in [4.69, 9.17) is 4.74 Å². The molecule has 2 aromatic carbocycles. The molecule has 0 aliphatic rings. The summed E-state index contributed by atoms with van der Waals surface area (Å²) in [5.74, 6) is 1.88. The van der Waals surface area contributed by atoms with Crippen LogP contribution in [0.2, 0.25) is 0 Å². The largest absolute Gasteiger partial charge is 0.497 e. The smallest absolute Gasteiger partial charge is 0.122 e. The first kappa shape index (κ1) is 14.3. The minimum Gasteiger partial charge on any atom is -0.497 e. The molecule has 0 unspecified atom stereocenters. The van der Waals surface area contributed by atoms with Crippen molar-refractivity contribution >= 4 is 33.4 Å². The summed E-state index contributed by atoms with van der Waals surface area (Å²) in [5.41, 5.74) is 1.07. The summed E-state index contributed by atoms with van der Waals surface area (Å²) in [6, 6.07) is 16.4. The molecule has 0 heterocycles. The van der Waals surface area contributed by atoms with Gasteiger partial charge in [0.1, 0.15) is 5.75 Å². The molecule has 0 aliphatic heterocycles. The standard InChI is InChI=1S/C15H16BrNOS/c1-18-14-10-12(16)9-13(11-14)17-7-8-19-15-5-3-2-4-6-15/h2-6,9-11,17H,7-8H2,1H3. The fourth-order valence-electron chi connectivity index (χ4n) is 1.66. The Morgan fingerprint density at radius 2 is 1.95 bits per heavy atom. The normalized spacial score (nSPS) is 10.2. The lowest BCUT2D eigenvalue weighted by Crippen LogP contribution is -2.04. The molecular formula is C15H16BrNOS. The highest BCUT2D eigenvalue weighted by atomic mass is 79.9. The van der Waals surface area contributed by atoms with Gasteiger partial charge in [-0.1, -0.05) is 34.1 Å². The molecule has 0 spiro atoms. The highest BCUT2D eigenvalue weighted by molar-refractivity contribution is 9.10. The summed E-state index contributed by atoms with van der Waals surface area (Å²) in [6.45, 7) is 0.916. The minimum absolute atomic E-state index is 0.854. The molecule has 4 heteroatoms. The third-order valence-electron chi connectivity index (χ3n) is 2.55. The summed E-state index contributed by atoms with van der Waals surface area (Å²) < 4.78 is 6.25. The first-order valence-corrected chi connectivity index (χ1v) is 7.82. The lowest BCUT2D eigenvalue weighted by atomic mass is 10.3. The number of rotatable bonds is 6. The average molecular weight is 338 g/mol. The maximum absolute atomic E-state index is 5.24. The maximum atomic E-state index is 5.24. The SMILES string of the molecule is COc1cc(Br)cc(NCCSc2ccccc2)c1. The van der Waals surface area contributed by atoms with Crippen molar-refractivity contribution in [3.05, 3.63) is 53.0 Å². The molecule has 1 N–H and O–H groups in total. The summed E-state index contributed by atoms with van der Waals surface area (Å²) in [5, 5.41) is 3.40. The molecule has 0 aliphatic carbocycles. The third-order valence-corrected chi connectivity index (χ3v) is 4.02. The molecule has 0 saturated heterocycles. The highest BCUT2D eigenvalue weighted by Crippen LogP contribution is 2.24. The molecule has 2 rings (SSSR count). The van der Waals surface area contributed by atoms with Crippen LogP contribution in [0.5, 0.6) is 5.75 Å². The lowest BCUT2D eigenvalue weighted by Gasteiger charge is -2.09. The second-order valence-corrected chi connectivity index (χ2v) is 6.05. The van der Waals surface area contributed by atoms with E-state index in [-0.39, 0.29) is 0 Å². The van der Waals surface area contributed by atoms with Gasteiger partial charge in [-0.2, -0.15) is 0 Å². The van der Waals surface area contributed by atoms with Crippen LogP contribution in [0.15, 0.2) is 57.9 Å². The molecule has 2 aromatic rings. The lowest BCUT2D eigenvalue weighted by molar-refractivity contribution is 0.414. The molecule has 0 fully saturated rings. The van der Waals surface area contributed by atoms with Crippen LogP contribution in [0.25, 0.3) is 0 Å². The van der Waals surface area contributed by atoms with Crippen molar-refractivity contribution in [3.8, 4) is 5.75 Å². The number of methoxy groups -OCH3 is 1. The van der Waals surface area contributed by atoms with E-state index in [2.05, 4.69) is 51.6 Å². The minimum atomic E-state index is 0.854. The monoisotopic (exact) mass is 337 g/mol. The number of anilines is 1. The quantitative estimate of drug-likeness (QED) is 0.611. The van der Waals surface area contributed by atoms with E-state index in [9.17, 15) is 0 Å². The Bertz CT molecular complexity index is 519. The zero-order valence-corrected chi connectivity index (χ0v) is 13.1. The van der Waals surface area contributed by atoms with Crippen molar-refractivity contribution < 1.29 is 4.74 Å². The summed E-state index contributed by atoms with van der Waals surface area (Å²) in [7, 11) is 1.68. The van der Waals surface area contributed by atoms with Crippen molar-refractivity contribution in [1.82, 2.24) is 0 Å². The number of benzene rings is 2. The van der Waals surface area contributed by atoms with Crippen LogP contribution < -0.4 is 10.1 Å². The van der Waals surface area contributed by atoms with E-state index in [1.54, 1.807) is 7.11 Å². The molecule has 0 bridgehead atoms. The molecular weight excluding hydrogens is 322 g/mol. The molecule has 0 saturated carbocycles. The molecule has 19 heavy (non-hydrogen) atoms. The van der Waals surface area contributed by atoms with Crippen LogP contribution in [0.4, 0.5) is 5.69 Å². The van der Waals surface area contributed by atoms with E-state index in [1.807, 2.05) is 30.0 Å². The Balaban J connectivity index is 1.81. The van der Waals surface area contributed by atoms with Crippen molar-refractivity contribution in [2.24, 2.45) is 0 Å². The Morgan fingerprint density at radius 3 is 2.68 bits per heavy atom. The van der Waals surface area contributed by atoms with Gasteiger partial charge in [-0.25, -0.2) is 0 Å². The number of hydrogen-bond donors (Lipinski definition) is 1. The number of hydrogen-bond acceptors (Lipinski definition) is 3. The van der Waals surface area contributed by atoms with Gasteiger partial charge >= 0.3 is 0 Å². The van der Waals surface area contributed by atoms with Gasteiger partial charge in [-0.05, 0) is 24.3 Å². The van der Waals surface area contributed by atoms with Crippen molar-refractivity contribution in [2.45, 2.75) is 4.90 Å². The predicted octanol–water partition coefficient (Wildman–Crippen LogP) is 4.66. The Morgan fingerprint density at radius 1 is 1.16 bits per heavy atom. The summed E-state index contributed by atoms with van der Waals surface area (Å²) in [6.07, 6.45) is 0. The number of ether oxygens (including phenoxy) is 1. The van der Waals surface area contributed by atoms with Crippen molar-refractivity contribution in [1.29, 1.82) is 0 Å². The van der Waals surface area contributed by atoms with Crippen LogP contribution >= 0.6 is 27.7 Å². The molecule has 0 aromatic heterocycles. The summed E-state index contributed by atoms with van der Waals surface area (Å²) >= 11 is 5.32. The zero-order chi connectivity index (χ0) is 13.5. The van der Waals surface area contributed by atoms with Gasteiger partial charge in [0.05, 0.1) is 7.11 Å². The van der Waals surface area contributed by atoms with Crippen LogP contribution in [-0.2, 0) is 0 Å². The van der Waals surface area contributed by atoms with Gasteiger partial charge < -0.3 is 10.1 Å². The zero-order valence-electron chi connectivity index (χ0n) is 10.7. The second-order valence-electron chi connectivity index (χ2n) is 3.97. The summed E-state index contributed by atoms with van der Waals surface area (Å²) in [4.78, 5) is 1.30. The van der Waals surface area contributed by atoms with Crippen molar-refractivity contribution in [2.75, 3.05) is 24.7 Å². The molecule has 2 nitrogen and oxygen atoms in total. The molecule has 0 atom stereocenters. The fourth-order valence-corrected chi connectivity index (χ4v) is 2.93. The number of thioether (sulfide) groups is 1. The molecule has 0 radical (unpaired) electrons. The molecule has 100 valence electrons. The maximum Gasteiger partial charge on any atom is 0.122 e. The van der Waals surface area contributed by atoms with Crippen LogP contribution in [0.1, 0.15) is 0 Å². The van der Waals surface area contributed by atoms with E-state index in [1.165, 1.54) is 4.90 Å². The van der Waals surface area contributed by atoms with Gasteiger partial charge in [-0.3, -0.25) is 0 Å². The van der Waals surface area contributed by atoms with Crippen LogP contribution in [0.3, 0.4) is 0 Å². The number of nitrogens with one attached hydrogen (secondary N) is 1. The average Bonchev–Trinajstić information content (AvgIpc) is 2.44. The van der Waals surface area contributed by atoms with Crippen molar-refractivity contribution in [3.63, 3.8) is 0 Å².